The summed E-state index contributed by atoms with van der Waals surface area (Å²) in [6.07, 6.45) is 0.106. The third-order valence-electron chi connectivity index (χ3n) is 3.83. The van der Waals surface area contributed by atoms with Crippen LogP contribution in [0.25, 0.3) is 0 Å². The second-order valence-electron chi connectivity index (χ2n) is 5.76. The van der Waals surface area contributed by atoms with Crippen molar-refractivity contribution in [2.75, 3.05) is 18.5 Å². The molecule has 2 rings (SSSR count). The molecule has 0 aromatic heterocycles. The van der Waals surface area contributed by atoms with Crippen molar-refractivity contribution >= 4 is 17.5 Å². The molecule has 0 aliphatic carbocycles. The Balaban J connectivity index is 1.95. The number of nitrogens with one attached hydrogen (secondary N) is 1. The summed E-state index contributed by atoms with van der Waals surface area (Å²) in [6, 6.07) is 13.5. The number of ether oxygens (including phenoxy) is 1. The van der Waals surface area contributed by atoms with E-state index in [1.54, 1.807) is 36.4 Å². The van der Waals surface area contributed by atoms with Crippen LogP contribution in [-0.2, 0) is 16.1 Å². The molecule has 0 atom stereocenters. The maximum atomic E-state index is 13.8. The molecule has 2 aromatic carbocycles. The maximum absolute atomic E-state index is 13.8. The number of para-hydroxylation sites is 2. The van der Waals surface area contributed by atoms with Gasteiger partial charge >= 0.3 is 0 Å². The van der Waals surface area contributed by atoms with Crippen LogP contribution >= 0.6 is 0 Å². The Morgan fingerprint density at radius 3 is 2.50 bits per heavy atom. The van der Waals surface area contributed by atoms with Crippen molar-refractivity contribution in [1.29, 1.82) is 0 Å². The van der Waals surface area contributed by atoms with Gasteiger partial charge in [0.05, 0.1) is 12.3 Å². The Kier molecular flexibility index (Phi) is 7.14. The molecule has 0 saturated carbocycles. The third kappa shape index (κ3) is 5.58. The first kappa shape index (κ1) is 19.4. The highest BCUT2D eigenvalue weighted by Crippen LogP contribution is 2.23. The van der Waals surface area contributed by atoms with Crippen LogP contribution in [0.1, 0.15) is 25.8 Å². The van der Waals surface area contributed by atoms with Crippen LogP contribution in [0.15, 0.2) is 48.5 Å². The number of hydrogen-bond acceptors (Lipinski definition) is 3. The minimum Gasteiger partial charge on any atom is -0.492 e. The normalized spacial score (nSPS) is 10.3. The zero-order chi connectivity index (χ0) is 18.9. The van der Waals surface area contributed by atoms with Crippen molar-refractivity contribution in [2.24, 2.45) is 0 Å². The molecule has 0 radical (unpaired) electrons. The first-order chi connectivity index (χ1) is 12.5. The number of rotatable bonds is 8. The maximum Gasteiger partial charge on any atom is 0.226 e. The first-order valence-electron chi connectivity index (χ1n) is 8.52. The zero-order valence-electron chi connectivity index (χ0n) is 15.0. The van der Waals surface area contributed by atoms with E-state index in [4.69, 9.17) is 4.74 Å². The monoisotopic (exact) mass is 358 g/mol. The molecule has 2 aromatic rings. The molecule has 0 heterocycles. The molecule has 5 nitrogen and oxygen atoms in total. The molecule has 0 aliphatic rings. The Morgan fingerprint density at radius 1 is 1.12 bits per heavy atom. The quantitative estimate of drug-likeness (QED) is 0.784. The lowest BCUT2D eigenvalue weighted by Gasteiger charge is -2.21. The zero-order valence-corrected chi connectivity index (χ0v) is 15.0. The molecular weight excluding hydrogens is 335 g/mol. The summed E-state index contributed by atoms with van der Waals surface area (Å²) in [6.45, 7) is 4.10. The summed E-state index contributed by atoms with van der Waals surface area (Å²) >= 11 is 0. The number of carbonyl (C=O) groups excluding carboxylic acids is 2. The van der Waals surface area contributed by atoms with Gasteiger partial charge in [0.15, 0.2) is 0 Å². The Morgan fingerprint density at radius 2 is 1.81 bits per heavy atom. The van der Waals surface area contributed by atoms with Crippen molar-refractivity contribution in [2.45, 2.75) is 26.8 Å². The molecule has 0 fully saturated rings. The van der Waals surface area contributed by atoms with Gasteiger partial charge in [0.2, 0.25) is 11.8 Å². The summed E-state index contributed by atoms with van der Waals surface area (Å²) in [5, 5.41) is 2.79. The summed E-state index contributed by atoms with van der Waals surface area (Å²) in [5.74, 6) is -0.223. The Labute approximate surface area is 152 Å². The number of benzene rings is 2. The largest absolute Gasteiger partial charge is 0.492 e. The van der Waals surface area contributed by atoms with Crippen molar-refractivity contribution in [3.63, 3.8) is 0 Å². The van der Waals surface area contributed by atoms with Gasteiger partial charge in [-0.15, -0.1) is 0 Å². The summed E-state index contributed by atoms with van der Waals surface area (Å²) in [4.78, 5) is 25.5. The van der Waals surface area contributed by atoms with E-state index in [1.807, 2.05) is 13.0 Å². The fourth-order valence-corrected chi connectivity index (χ4v) is 2.48. The fraction of sp³-hybridized carbons (Fsp3) is 0.300. The van der Waals surface area contributed by atoms with Gasteiger partial charge in [-0.25, -0.2) is 4.39 Å². The molecule has 26 heavy (non-hydrogen) atoms. The molecular formula is C20H23FN2O3. The molecule has 1 N–H and O–H groups in total. The lowest BCUT2D eigenvalue weighted by atomic mass is 10.2. The minimum absolute atomic E-state index is 0.106. The van der Waals surface area contributed by atoms with Gasteiger partial charge in [-0.3, -0.25) is 9.59 Å². The van der Waals surface area contributed by atoms with Crippen LogP contribution in [0.5, 0.6) is 5.75 Å². The van der Waals surface area contributed by atoms with Gasteiger partial charge < -0.3 is 15.0 Å². The van der Waals surface area contributed by atoms with Crippen molar-refractivity contribution in [3.8, 4) is 5.75 Å². The number of nitrogens with zero attached hydrogens (tertiary/aromatic N) is 1. The van der Waals surface area contributed by atoms with E-state index < -0.39 is 0 Å². The van der Waals surface area contributed by atoms with E-state index in [-0.39, 0.29) is 37.1 Å². The highest BCUT2D eigenvalue weighted by atomic mass is 19.1. The molecule has 2 amide bonds. The number of halogens is 1. The van der Waals surface area contributed by atoms with Crippen molar-refractivity contribution < 1.29 is 18.7 Å². The van der Waals surface area contributed by atoms with E-state index in [1.165, 1.54) is 17.9 Å². The third-order valence-corrected chi connectivity index (χ3v) is 3.83. The van der Waals surface area contributed by atoms with Crippen LogP contribution in [0, 0.1) is 5.82 Å². The lowest BCUT2D eigenvalue weighted by Crippen LogP contribution is -2.32. The van der Waals surface area contributed by atoms with Crippen LogP contribution < -0.4 is 10.1 Å². The Bertz CT molecular complexity index is 764. The summed E-state index contributed by atoms with van der Waals surface area (Å²) in [5.41, 5.74) is 1.01. The highest BCUT2D eigenvalue weighted by Gasteiger charge is 2.14. The highest BCUT2D eigenvalue weighted by molar-refractivity contribution is 5.92. The minimum atomic E-state index is -0.367. The van der Waals surface area contributed by atoms with Gasteiger partial charge in [0, 0.05) is 32.0 Å². The number of carbonyl (C=O) groups is 2. The second kappa shape index (κ2) is 9.56. The fourth-order valence-electron chi connectivity index (χ4n) is 2.48. The molecule has 138 valence electrons. The van der Waals surface area contributed by atoms with Crippen LogP contribution in [0.3, 0.4) is 0 Å². The van der Waals surface area contributed by atoms with E-state index in [0.717, 1.165) is 0 Å². The predicted molar refractivity (Wildman–Crippen MR) is 98.3 cm³/mol. The molecule has 6 heteroatoms. The van der Waals surface area contributed by atoms with E-state index in [0.29, 0.717) is 23.6 Å². The molecule has 0 unspecified atom stereocenters. The van der Waals surface area contributed by atoms with Gasteiger partial charge in [0.1, 0.15) is 11.6 Å². The molecule has 0 spiro atoms. The molecule has 0 aliphatic heterocycles. The average molecular weight is 358 g/mol. The number of amides is 2. The first-order valence-corrected chi connectivity index (χ1v) is 8.52. The van der Waals surface area contributed by atoms with Crippen LogP contribution in [0.4, 0.5) is 10.1 Å². The summed E-state index contributed by atoms with van der Waals surface area (Å²) in [7, 11) is 0. The van der Waals surface area contributed by atoms with E-state index in [2.05, 4.69) is 5.32 Å². The Hall–Kier alpha value is -2.89. The smallest absolute Gasteiger partial charge is 0.226 e. The van der Waals surface area contributed by atoms with E-state index in [9.17, 15) is 14.0 Å². The average Bonchev–Trinajstić information content (AvgIpc) is 2.61. The van der Waals surface area contributed by atoms with Gasteiger partial charge in [-0.1, -0.05) is 30.3 Å². The SMILES string of the molecule is CCOc1ccccc1NC(=O)CCN(Cc1ccccc1F)C(C)=O. The van der Waals surface area contributed by atoms with Crippen molar-refractivity contribution in [1.82, 2.24) is 4.90 Å². The van der Waals surface area contributed by atoms with Gasteiger partial charge in [0.25, 0.3) is 0 Å². The molecule has 0 saturated heterocycles. The summed E-state index contributed by atoms with van der Waals surface area (Å²) < 4.78 is 19.3. The number of anilines is 1. The van der Waals surface area contributed by atoms with Crippen LogP contribution in [-0.4, -0.2) is 29.9 Å². The predicted octanol–water partition coefficient (Wildman–Crippen LogP) is 3.60. The topological polar surface area (TPSA) is 58.6 Å². The lowest BCUT2D eigenvalue weighted by molar-refractivity contribution is -0.130. The van der Waals surface area contributed by atoms with Crippen molar-refractivity contribution in [3.05, 3.63) is 59.9 Å². The number of hydrogen-bond donors (Lipinski definition) is 1. The molecule has 0 bridgehead atoms. The second-order valence-corrected chi connectivity index (χ2v) is 5.76. The standard InChI is InChI=1S/C20H23FN2O3/c1-3-26-19-11-7-6-10-18(19)22-20(25)12-13-23(15(2)24)14-16-8-4-5-9-17(16)21/h4-11H,3,12-14H2,1-2H3,(H,22,25). The van der Waals surface area contributed by atoms with Gasteiger partial charge in [-0.05, 0) is 25.1 Å². The van der Waals surface area contributed by atoms with Crippen LogP contribution in [0.2, 0.25) is 0 Å². The van der Waals surface area contributed by atoms with E-state index >= 15 is 0 Å². The van der Waals surface area contributed by atoms with Gasteiger partial charge in [-0.2, -0.15) is 0 Å².